The zero-order chi connectivity index (χ0) is 20.1. The van der Waals surface area contributed by atoms with E-state index in [4.69, 9.17) is 4.74 Å². The maximum atomic E-state index is 14.9. The van der Waals surface area contributed by atoms with Crippen LogP contribution in [0.15, 0.2) is 17.3 Å². The van der Waals surface area contributed by atoms with Crippen molar-refractivity contribution in [3.63, 3.8) is 0 Å². The zero-order valence-corrected chi connectivity index (χ0v) is 14.9. The number of nitrogens with one attached hydrogen (secondary N) is 2. The van der Waals surface area contributed by atoms with Crippen molar-refractivity contribution >= 4 is 17.1 Å². The van der Waals surface area contributed by atoms with Gasteiger partial charge in [0.15, 0.2) is 0 Å². The largest absolute Gasteiger partial charge is 0.444 e. The van der Waals surface area contributed by atoms with Crippen molar-refractivity contribution in [3.8, 4) is 0 Å². The first-order valence-electron chi connectivity index (χ1n) is 8.21. The molecule has 2 aromatic rings. The van der Waals surface area contributed by atoms with Crippen LogP contribution in [-0.4, -0.2) is 66.4 Å². The number of halogens is 2. The number of aromatic amines is 2. The van der Waals surface area contributed by atoms with E-state index in [0.717, 1.165) is 12.5 Å². The highest BCUT2D eigenvalue weighted by Crippen LogP contribution is 2.49. The van der Waals surface area contributed by atoms with E-state index >= 15 is 0 Å². The van der Waals surface area contributed by atoms with Gasteiger partial charge in [0.2, 0.25) is 0 Å². The Balaban J connectivity index is 2.17. The molecule has 0 saturated carbocycles. The smallest absolute Gasteiger partial charge is 0.411 e. The third kappa shape index (κ3) is 3.06. The minimum atomic E-state index is -3.82. The number of hydrogen-bond donors (Lipinski definition) is 4. The Hall–Kier alpha value is -2.53. The number of rotatable bonds is 2. The molecule has 1 fully saturated rings. The molecule has 1 aliphatic rings. The number of carbonyl (C=O) groups excluding carboxylic acids is 1. The van der Waals surface area contributed by atoms with Crippen molar-refractivity contribution in [3.05, 3.63) is 28.4 Å². The monoisotopic (exact) mass is 386 g/mol. The van der Waals surface area contributed by atoms with Crippen LogP contribution < -0.4 is 5.56 Å². The number of fused-ring (bicyclic) bond motifs is 1. The first-order chi connectivity index (χ1) is 12.5. The predicted molar refractivity (Wildman–Crippen MR) is 89.4 cm³/mol. The predicted octanol–water partition coefficient (Wildman–Crippen LogP) is 0.900. The topological polar surface area (TPSA) is 132 Å². The summed E-state index contributed by atoms with van der Waals surface area (Å²) >= 11 is 0. The second kappa shape index (κ2) is 6.27. The van der Waals surface area contributed by atoms with Crippen molar-refractivity contribution < 1.29 is 28.5 Å². The number of carbonyl (C=O) groups is 1. The summed E-state index contributed by atoms with van der Waals surface area (Å²) in [7, 11) is 0. The van der Waals surface area contributed by atoms with Gasteiger partial charge < -0.3 is 24.9 Å². The average Bonchev–Trinajstić information content (AvgIpc) is 3.05. The lowest BCUT2D eigenvalue weighted by molar-refractivity contribution is -0.105. The molecule has 2 aromatic heterocycles. The average molecular weight is 386 g/mol. The van der Waals surface area contributed by atoms with Crippen molar-refractivity contribution in [2.75, 3.05) is 6.61 Å². The second-order valence-corrected chi connectivity index (χ2v) is 7.36. The van der Waals surface area contributed by atoms with Crippen molar-refractivity contribution in [1.29, 1.82) is 0 Å². The molecule has 11 heteroatoms. The molecule has 0 aromatic carbocycles. The summed E-state index contributed by atoms with van der Waals surface area (Å²) in [5.41, 5.74) is -1.84. The van der Waals surface area contributed by atoms with E-state index in [1.165, 1.54) is 0 Å². The Labute approximate surface area is 152 Å². The van der Waals surface area contributed by atoms with E-state index in [1.807, 2.05) is 0 Å². The number of alkyl halides is 2. The first-order valence-corrected chi connectivity index (χ1v) is 8.21. The molecule has 1 saturated heterocycles. The lowest BCUT2D eigenvalue weighted by Gasteiger charge is -2.31. The van der Waals surface area contributed by atoms with Crippen LogP contribution in [0, 0.1) is 0 Å². The third-order valence-electron chi connectivity index (χ3n) is 4.34. The number of hydrogen-bond acceptors (Lipinski definition) is 6. The normalized spacial score (nSPS) is 25.1. The van der Waals surface area contributed by atoms with Gasteiger partial charge in [-0.25, -0.2) is 18.6 Å². The summed E-state index contributed by atoms with van der Waals surface area (Å²) in [6, 6.07) is -3.57. The summed E-state index contributed by atoms with van der Waals surface area (Å²) < 4.78 is 35.1. The van der Waals surface area contributed by atoms with Gasteiger partial charge in [-0.3, -0.25) is 9.69 Å². The van der Waals surface area contributed by atoms with Gasteiger partial charge in [0.25, 0.3) is 11.5 Å². The van der Waals surface area contributed by atoms with Crippen molar-refractivity contribution in [1.82, 2.24) is 19.9 Å². The third-order valence-corrected chi connectivity index (χ3v) is 4.34. The molecular formula is C16H20F2N4O5. The molecule has 0 spiro atoms. The standard InChI is InChI=1S/C16H20F2N4O5/c1-15(2,3)27-14(26)22-8(5-23)12(24)16(17,18)11(22)7-4-19-10-9(7)20-6-21-13(10)25/h4,6,8,11-12,19,23-24H,5H2,1-3H3,(H,20,21,25)/t8-,11+,12-/m1/s1. The fourth-order valence-corrected chi connectivity index (χ4v) is 3.23. The lowest BCUT2D eigenvalue weighted by Crippen LogP contribution is -2.45. The molecule has 4 N–H and O–H groups in total. The Bertz CT molecular complexity index is 919. The van der Waals surface area contributed by atoms with Crippen LogP contribution in [0.1, 0.15) is 32.4 Å². The van der Waals surface area contributed by atoms with E-state index in [2.05, 4.69) is 15.0 Å². The molecule has 9 nitrogen and oxygen atoms in total. The van der Waals surface area contributed by atoms with Crippen LogP contribution in [0.5, 0.6) is 0 Å². The van der Waals surface area contributed by atoms with Crippen molar-refractivity contribution in [2.24, 2.45) is 0 Å². The Kier molecular flexibility index (Phi) is 4.47. The van der Waals surface area contributed by atoms with Crippen LogP contribution in [0.3, 0.4) is 0 Å². The summed E-state index contributed by atoms with van der Waals surface area (Å²) in [6.45, 7) is 3.78. The molecule has 0 aliphatic carbocycles. The summed E-state index contributed by atoms with van der Waals surface area (Å²) in [5.74, 6) is -3.82. The highest BCUT2D eigenvalue weighted by Gasteiger charge is 2.64. The number of aliphatic hydroxyl groups is 2. The highest BCUT2D eigenvalue weighted by atomic mass is 19.3. The van der Waals surface area contributed by atoms with E-state index in [0.29, 0.717) is 4.90 Å². The molecule has 27 heavy (non-hydrogen) atoms. The maximum absolute atomic E-state index is 14.9. The van der Waals surface area contributed by atoms with Crippen LogP contribution in [0.4, 0.5) is 13.6 Å². The lowest BCUT2D eigenvalue weighted by atomic mass is 10.0. The van der Waals surface area contributed by atoms with Gasteiger partial charge in [-0.15, -0.1) is 0 Å². The number of H-pyrrole nitrogens is 2. The van der Waals surface area contributed by atoms with E-state index < -0.39 is 48.0 Å². The van der Waals surface area contributed by atoms with E-state index in [1.54, 1.807) is 20.8 Å². The molecule has 148 valence electrons. The van der Waals surface area contributed by atoms with Gasteiger partial charge in [0.1, 0.15) is 28.8 Å². The second-order valence-electron chi connectivity index (χ2n) is 7.36. The molecule has 0 unspecified atom stereocenters. The SMILES string of the molecule is CC(C)(C)OC(=O)N1[C@H](CO)[C@@H](O)C(F)(F)[C@@H]1c1c[nH]c2c(=O)[nH]cnc12. The zero-order valence-electron chi connectivity index (χ0n) is 14.9. The van der Waals surface area contributed by atoms with Crippen LogP contribution in [0.2, 0.25) is 0 Å². The van der Waals surface area contributed by atoms with Gasteiger partial charge in [0, 0.05) is 11.8 Å². The van der Waals surface area contributed by atoms with Crippen LogP contribution >= 0.6 is 0 Å². The molecular weight excluding hydrogens is 366 g/mol. The fraction of sp³-hybridized carbons (Fsp3) is 0.562. The number of amides is 1. The summed E-state index contributed by atoms with van der Waals surface area (Å²) in [4.78, 5) is 33.9. The quantitative estimate of drug-likeness (QED) is 0.606. The van der Waals surface area contributed by atoms with E-state index in [9.17, 15) is 28.6 Å². The van der Waals surface area contributed by atoms with Crippen LogP contribution in [0.25, 0.3) is 11.0 Å². The van der Waals surface area contributed by atoms with Gasteiger partial charge in [-0.1, -0.05) is 0 Å². The number of ether oxygens (including phenoxy) is 1. The fourth-order valence-electron chi connectivity index (χ4n) is 3.23. The molecule has 0 radical (unpaired) electrons. The minimum absolute atomic E-state index is 0.0469. The Morgan fingerprint density at radius 2 is 2.07 bits per heavy atom. The van der Waals surface area contributed by atoms with Gasteiger partial charge >= 0.3 is 6.09 Å². The summed E-state index contributed by atoms with van der Waals surface area (Å²) in [6.07, 6.45) is -1.27. The first kappa shape index (κ1) is 19.2. The molecule has 1 amide bonds. The highest BCUT2D eigenvalue weighted by molar-refractivity contribution is 5.80. The molecule has 3 rings (SSSR count). The molecule has 3 atom stereocenters. The van der Waals surface area contributed by atoms with Gasteiger partial charge in [-0.05, 0) is 20.8 Å². The number of aromatic nitrogens is 3. The van der Waals surface area contributed by atoms with E-state index in [-0.39, 0.29) is 16.6 Å². The molecule has 0 bridgehead atoms. The Morgan fingerprint density at radius 1 is 1.41 bits per heavy atom. The number of aliphatic hydroxyl groups excluding tert-OH is 2. The molecule has 3 heterocycles. The van der Waals surface area contributed by atoms with Crippen LogP contribution in [-0.2, 0) is 4.74 Å². The van der Waals surface area contributed by atoms with Gasteiger partial charge in [0.05, 0.1) is 19.0 Å². The summed E-state index contributed by atoms with van der Waals surface area (Å²) in [5, 5.41) is 19.6. The van der Waals surface area contributed by atoms with Crippen molar-refractivity contribution in [2.45, 2.75) is 50.5 Å². The molecule has 1 aliphatic heterocycles. The van der Waals surface area contributed by atoms with Gasteiger partial charge in [-0.2, -0.15) is 0 Å². The number of likely N-dealkylation sites (tertiary alicyclic amines) is 1. The Morgan fingerprint density at radius 3 is 2.67 bits per heavy atom. The maximum Gasteiger partial charge on any atom is 0.411 e. The minimum Gasteiger partial charge on any atom is -0.444 e. The number of nitrogens with zero attached hydrogens (tertiary/aromatic N) is 2.